The number of nitrogens with one attached hydrogen (secondary N) is 2. The summed E-state index contributed by atoms with van der Waals surface area (Å²) in [4.78, 5) is 18.2. The summed E-state index contributed by atoms with van der Waals surface area (Å²) in [5.74, 6) is 0.0334. The number of hydrogen-bond acceptors (Lipinski definition) is 4. The summed E-state index contributed by atoms with van der Waals surface area (Å²) in [6.45, 7) is 7.44. The summed E-state index contributed by atoms with van der Waals surface area (Å²) in [5.41, 5.74) is 3.26. The van der Waals surface area contributed by atoms with Crippen molar-refractivity contribution in [1.29, 1.82) is 0 Å². The number of hydrogen-bond donors (Lipinski definition) is 2. The first-order valence-corrected chi connectivity index (χ1v) is 8.47. The number of anilines is 2. The van der Waals surface area contributed by atoms with E-state index in [1.54, 1.807) is 12.4 Å². The van der Waals surface area contributed by atoms with Crippen molar-refractivity contribution in [3.8, 4) is 0 Å². The molecule has 0 bridgehead atoms. The van der Waals surface area contributed by atoms with Gasteiger partial charge < -0.3 is 15.5 Å². The van der Waals surface area contributed by atoms with E-state index in [0.717, 1.165) is 24.3 Å². The van der Waals surface area contributed by atoms with Gasteiger partial charge in [-0.3, -0.25) is 9.78 Å². The van der Waals surface area contributed by atoms with E-state index in [4.69, 9.17) is 0 Å². The fourth-order valence-electron chi connectivity index (χ4n) is 2.49. The molecule has 0 saturated carbocycles. The molecule has 1 aromatic carbocycles. The molecule has 0 spiro atoms. The highest BCUT2D eigenvalue weighted by Gasteiger charge is 2.03. The quantitative estimate of drug-likeness (QED) is 0.744. The first kappa shape index (κ1) is 17.8. The van der Waals surface area contributed by atoms with Gasteiger partial charge in [-0.1, -0.05) is 6.07 Å². The van der Waals surface area contributed by atoms with E-state index >= 15 is 0 Å². The number of carbonyl (C=O) groups is 1. The minimum absolute atomic E-state index is 0.0334. The van der Waals surface area contributed by atoms with Crippen LogP contribution in [-0.4, -0.2) is 30.5 Å². The van der Waals surface area contributed by atoms with Crippen molar-refractivity contribution in [2.24, 2.45) is 0 Å². The Morgan fingerprint density at radius 3 is 2.50 bits per heavy atom. The third-order valence-corrected chi connectivity index (χ3v) is 3.89. The summed E-state index contributed by atoms with van der Waals surface area (Å²) >= 11 is 0. The predicted octanol–water partition coefficient (Wildman–Crippen LogP) is 3.05. The van der Waals surface area contributed by atoms with Crippen LogP contribution in [0.15, 0.2) is 48.8 Å². The van der Waals surface area contributed by atoms with Gasteiger partial charge in [0.25, 0.3) is 0 Å². The van der Waals surface area contributed by atoms with Crippen LogP contribution in [0.5, 0.6) is 0 Å². The molecule has 2 rings (SSSR count). The molecule has 0 aliphatic heterocycles. The van der Waals surface area contributed by atoms with Crippen LogP contribution in [0.1, 0.15) is 25.8 Å². The molecule has 2 N–H and O–H groups in total. The van der Waals surface area contributed by atoms with Gasteiger partial charge in [0.2, 0.25) is 5.91 Å². The topological polar surface area (TPSA) is 57.3 Å². The van der Waals surface area contributed by atoms with E-state index in [1.165, 1.54) is 5.69 Å². The zero-order chi connectivity index (χ0) is 17.2. The Hall–Kier alpha value is -2.56. The highest BCUT2D eigenvalue weighted by atomic mass is 16.1. The number of pyridine rings is 1. The molecule has 0 fully saturated rings. The van der Waals surface area contributed by atoms with Crippen LogP contribution < -0.4 is 15.5 Å². The predicted molar refractivity (Wildman–Crippen MR) is 99.2 cm³/mol. The van der Waals surface area contributed by atoms with Gasteiger partial charge in [-0.25, -0.2) is 0 Å². The van der Waals surface area contributed by atoms with Crippen LogP contribution in [-0.2, 0) is 11.3 Å². The number of aromatic nitrogens is 1. The molecule has 1 aromatic heterocycles. The third-order valence-electron chi connectivity index (χ3n) is 3.89. The number of amides is 1. The molecule has 0 aliphatic carbocycles. The average molecular weight is 326 g/mol. The van der Waals surface area contributed by atoms with E-state index in [9.17, 15) is 4.79 Å². The molecule has 0 atom stereocenters. The molecule has 24 heavy (non-hydrogen) atoms. The number of nitrogens with zero attached hydrogens (tertiary/aromatic N) is 2. The van der Waals surface area contributed by atoms with Gasteiger partial charge in [-0.2, -0.15) is 0 Å². The summed E-state index contributed by atoms with van der Waals surface area (Å²) in [6.07, 6.45) is 3.93. The Morgan fingerprint density at radius 2 is 1.88 bits per heavy atom. The molecule has 128 valence electrons. The molecule has 0 aliphatic rings. The van der Waals surface area contributed by atoms with Crippen LogP contribution in [0.25, 0.3) is 0 Å². The van der Waals surface area contributed by atoms with Gasteiger partial charge in [0.1, 0.15) is 0 Å². The average Bonchev–Trinajstić information content (AvgIpc) is 2.63. The van der Waals surface area contributed by atoms with Gasteiger partial charge in [0.15, 0.2) is 0 Å². The first-order chi connectivity index (χ1) is 11.7. The molecule has 0 saturated heterocycles. The standard InChI is InChI=1S/C19H26N4O/c1-3-23(4-2)18-9-7-17(8-10-18)21-13-11-19(24)22-15-16-6-5-12-20-14-16/h5-10,12,14,21H,3-4,11,13,15H2,1-2H3,(H,22,24). The molecule has 5 nitrogen and oxygen atoms in total. The monoisotopic (exact) mass is 326 g/mol. The molecule has 1 heterocycles. The second-order valence-electron chi connectivity index (χ2n) is 5.53. The van der Waals surface area contributed by atoms with E-state index in [0.29, 0.717) is 19.5 Å². The van der Waals surface area contributed by atoms with Crippen LogP contribution in [0.2, 0.25) is 0 Å². The zero-order valence-corrected chi connectivity index (χ0v) is 14.5. The van der Waals surface area contributed by atoms with Crippen molar-refractivity contribution in [3.05, 3.63) is 54.4 Å². The third kappa shape index (κ3) is 5.57. The van der Waals surface area contributed by atoms with E-state index in [2.05, 4.69) is 58.6 Å². The Labute approximate surface area is 144 Å². The fraction of sp³-hybridized carbons (Fsp3) is 0.368. The summed E-state index contributed by atoms with van der Waals surface area (Å²) in [7, 11) is 0. The molecule has 0 radical (unpaired) electrons. The van der Waals surface area contributed by atoms with Crippen molar-refractivity contribution < 1.29 is 4.79 Å². The Balaban J connectivity index is 1.70. The second kappa shape index (κ2) is 9.55. The van der Waals surface area contributed by atoms with Crippen LogP contribution in [0.3, 0.4) is 0 Å². The molecule has 0 unspecified atom stereocenters. The minimum atomic E-state index is 0.0334. The van der Waals surface area contributed by atoms with Crippen LogP contribution in [0.4, 0.5) is 11.4 Å². The maximum absolute atomic E-state index is 11.8. The maximum atomic E-state index is 11.8. The minimum Gasteiger partial charge on any atom is -0.385 e. The second-order valence-corrected chi connectivity index (χ2v) is 5.53. The van der Waals surface area contributed by atoms with Gasteiger partial charge in [0, 0.05) is 56.4 Å². The summed E-state index contributed by atoms with van der Waals surface area (Å²) in [5, 5.41) is 6.18. The zero-order valence-electron chi connectivity index (χ0n) is 14.5. The molecular weight excluding hydrogens is 300 g/mol. The lowest BCUT2D eigenvalue weighted by Crippen LogP contribution is -2.25. The Morgan fingerprint density at radius 1 is 1.12 bits per heavy atom. The van der Waals surface area contributed by atoms with Crippen LogP contribution in [0, 0.1) is 0 Å². The lowest BCUT2D eigenvalue weighted by atomic mass is 10.2. The SMILES string of the molecule is CCN(CC)c1ccc(NCCC(=O)NCc2cccnc2)cc1. The molecule has 2 aromatic rings. The highest BCUT2D eigenvalue weighted by Crippen LogP contribution is 2.17. The van der Waals surface area contributed by atoms with E-state index in [1.807, 2.05) is 12.1 Å². The largest absolute Gasteiger partial charge is 0.385 e. The van der Waals surface area contributed by atoms with E-state index in [-0.39, 0.29) is 5.91 Å². The first-order valence-electron chi connectivity index (χ1n) is 8.47. The van der Waals surface area contributed by atoms with E-state index < -0.39 is 0 Å². The number of benzene rings is 1. The van der Waals surface area contributed by atoms with Gasteiger partial charge in [-0.15, -0.1) is 0 Å². The normalized spacial score (nSPS) is 10.2. The van der Waals surface area contributed by atoms with Gasteiger partial charge in [-0.05, 0) is 49.7 Å². The molecule has 5 heteroatoms. The lowest BCUT2D eigenvalue weighted by molar-refractivity contribution is -0.121. The number of carbonyl (C=O) groups excluding carboxylic acids is 1. The van der Waals surface area contributed by atoms with Crippen molar-refractivity contribution in [2.75, 3.05) is 29.9 Å². The number of rotatable bonds is 9. The van der Waals surface area contributed by atoms with Crippen molar-refractivity contribution in [2.45, 2.75) is 26.8 Å². The van der Waals surface area contributed by atoms with Gasteiger partial charge >= 0.3 is 0 Å². The smallest absolute Gasteiger partial charge is 0.222 e. The van der Waals surface area contributed by atoms with Crippen LogP contribution >= 0.6 is 0 Å². The van der Waals surface area contributed by atoms with Gasteiger partial charge in [0.05, 0.1) is 0 Å². The van der Waals surface area contributed by atoms with Crippen molar-refractivity contribution >= 4 is 17.3 Å². The van der Waals surface area contributed by atoms with Crippen molar-refractivity contribution in [3.63, 3.8) is 0 Å². The maximum Gasteiger partial charge on any atom is 0.222 e. The fourth-order valence-corrected chi connectivity index (χ4v) is 2.49. The summed E-state index contributed by atoms with van der Waals surface area (Å²) in [6, 6.07) is 12.1. The Kier molecular flexibility index (Phi) is 7.08. The van der Waals surface area contributed by atoms with Crippen molar-refractivity contribution in [1.82, 2.24) is 10.3 Å². The summed E-state index contributed by atoms with van der Waals surface area (Å²) < 4.78 is 0. The lowest BCUT2D eigenvalue weighted by Gasteiger charge is -2.21. The molecule has 1 amide bonds. The molecular formula is C19H26N4O. The highest BCUT2D eigenvalue weighted by molar-refractivity contribution is 5.76. The Bertz CT molecular complexity index is 609.